The second kappa shape index (κ2) is 6.58. The number of H-pyrrole nitrogens is 1. The van der Waals surface area contributed by atoms with Gasteiger partial charge in [0.2, 0.25) is 5.65 Å². The Bertz CT molecular complexity index is 1220. The number of nitrogens with one attached hydrogen (secondary N) is 1. The third kappa shape index (κ3) is 3.24. The summed E-state index contributed by atoms with van der Waals surface area (Å²) >= 11 is 0. The molecular weight excluding hydrogens is 374 g/mol. The number of primary amides is 1. The molecule has 1 amide bonds. The van der Waals surface area contributed by atoms with Gasteiger partial charge in [0.05, 0.1) is 11.9 Å². The van der Waals surface area contributed by atoms with Gasteiger partial charge in [-0.3, -0.25) is 9.89 Å². The molecule has 0 aliphatic rings. The minimum absolute atomic E-state index is 0.0997. The topological polar surface area (TPSA) is 157 Å². The molecule has 0 fully saturated rings. The van der Waals surface area contributed by atoms with Crippen molar-refractivity contribution in [3.05, 3.63) is 41.7 Å². The summed E-state index contributed by atoms with van der Waals surface area (Å²) in [6.07, 6.45) is 4.42. The first kappa shape index (κ1) is 18.4. The van der Waals surface area contributed by atoms with Crippen molar-refractivity contribution in [2.45, 2.75) is 33.1 Å². The van der Waals surface area contributed by atoms with Gasteiger partial charge in [-0.2, -0.15) is 14.4 Å². The minimum atomic E-state index is -0.685. The maximum atomic E-state index is 11.9. The number of nitrogens with two attached hydrogens (primary N) is 1. The van der Waals surface area contributed by atoms with Gasteiger partial charge >= 0.3 is 0 Å². The first-order chi connectivity index (χ1) is 13.8. The van der Waals surface area contributed by atoms with Gasteiger partial charge in [-0.15, -0.1) is 15.3 Å². The Labute approximate surface area is 164 Å². The van der Waals surface area contributed by atoms with E-state index in [1.165, 1.54) is 10.9 Å². The van der Waals surface area contributed by atoms with E-state index in [0.717, 1.165) is 5.69 Å². The molecule has 0 aromatic carbocycles. The van der Waals surface area contributed by atoms with Crippen molar-refractivity contribution in [1.29, 1.82) is 0 Å². The van der Waals surface area contributed by atoms with E-state index >= 15 is 0 Å². The number of hydrogen-bond acceptors (Lipinski definition) is 8. The number of azo groups is 1. The van der Waals surface area contributed by atoms with E-state index in [9.17, 15) is 4.79 Å². The normalized spacial score (nSPS) is 12.3. The molecule has 4 aromatic rings. The lowest BCUT2D eigenvalue weighted by Gasteiger charge is -2.16. The Kier molecular flexibility index (Phi) is 4.18. The Morgan fingerprint density at radius 2 is 1.93 bits per heavy atom. The second-order valence-electron chi connectivity index (χ2n) is 7.39. The summed E-state index contributed by atoms with van der Waals surface area (Å²) in [5.41, 5.74) is 7.13. The zero-order chi connectivity index (χ0) is 20.8. The number of aromatic nitrogens is 8. The maximum absolute atomic E-state index is 11.9. The summed E-state index contributed by atoms with van der Waals surface area (Å²) in [5, 5.41) is 20.3. The Morgan fingerprint density at radius 1 is 1.21 bits per heavy atom. The van der Waals surface area contributed by atoms with Crippen LogP contribution in [0.25, 0.3) is 11.6 Å². The van der Waals surface area contributed by atoms with Crippen molar-refractivity contribution in [2.24, 2.45) is 16.0 Å². The van der Waals surface area contributed by atoms with Crippen LogP contribution in [0, 0.1) is 6.92 Å². The third-order valence-electron chi connectivity index (χ3n) is 4.12. The summed E-state index contributed by atoms with van der Waals surface area (Å²) in [5.74, 6) is 0.269. The highest BCUT2D eigenvalue weighted by Gasteiger charge is 2.26. The van der Waals surface area contributed by atoms with Gasteiger partial charge < -0.3 is 5.73 Å². The average molecular weight is 393 g/mol. The zero-order valence-electron chi connectivity index (χ0n) is 16.3. The number of amides is 1. The summed E-state index contributed by atoms with van der Waals surface area (Å²) in [7, 11) is 0. The number of hydrogen-bond donors (Lipinski definition) is 2. The first-order valence-corrected chi connectivity index (χ1v) is 8.78. The molecule has 0 radical (unpaired) electrons. The fourth-order valence-electron chi connectivity index (χ4n) is 2.79. The zero-order valence-corrected chi connectivity index (χ0v) is 16.3. The molecule has 12 nitrogen and oxygen atoms in total. The van der Waals surface area contributed by atoms with Crippen molar-refractivity contribution in [1.82, 2.24) is 39.6 Å². The molecule has 0 aliphatic carbocycles. The highest BCUT2D eigenvalue weighted by atomic mass is 16.1. The largest absolute Gasteiger partial charge is 0.365 e. The van der Waals surface area contributed by atoms with Crippen LogP contribution in [-0.2, 0) is 5.41 Å². The number of rotatable bonds is 4. The molecule has 0 bridgehead atoms. The van der Waals surface area contributed by atoms with Crippen molar-refractivity contribution in [3.8, 4) is 5.95 Å². The predicted molar refractivity (Wildman–Crippen MR) is 103 cm³/mol. The summed E-state index contributed by atoms with van der Waals surface area (Å²) in [6, 6.07) is 1.67. The highest BCUT2D eigenvalue weighted by molar-refractivity contribution is 5.97. The highest BCUT2D eigenvalue weighted by Crippen LogP contribution is 2.35. The lowest BCUT2D eigenvalue weighted by atomic mass is 9.91. The smallest absolute Gasteiger partial charge is 0.254 e. The van der Waals surface area contributed by atoms with E-state index in [1.807, 2.05) is 20.8 Å². The van der Waals surface area contributed by atoms with Crippen molar-refractivity contribution in [3.63, 3.8) is 0 Å². The number of aromatic amines is 1. The molecule has 148 valence electrons. The summed E-state index contributed by atoms with van der Waals surface area (Å²) < 4.78 is 2.86. The molecule has 4 heterocycles. The van der Waals surface area contributed by atoms with Crippen LogP contribution in [0.15, 0.2) is 34.9 Å². The van der Waals surface area contributed by atoms with Crippen LogP contribution in [-0.4, -0.2) is 45.5 Å². The predicted octanol–water partition coefficient (Wildman–Crippen LogP) is 2.15. The molecule has 3 N–H and O–H groups in total. The monoisotopic (exact) mass is 393 g/mol. The van der Waals surface area contributed by atoms with Gasteiger partial charge in [0.25, 0.3) is 11.9 Å². The van der Waals surface area contributed by atoms with Crippen LogP contribution in [0.2, 0.25) is 0 Å². The number of carbonyl (C=O) groups excluding carboxylic acids is 1. The molecule has 0 spiro atoms. The third-order valence-corrected chi connectivity index (χ3v) is 4.12. The van der Waals surface area contributed by atoms with Crippen LogP contribution >= 0.6 is 0 Å². The van der Waals surface area contributed by atoms with Crippen LogP contribution in [0.4, 0.5) is 11.5 Å². The minimum Gasteiger partial charge on any atom is -0.365 e. The van der Waals surface area contributed by atoms with E-state index in [-0.39, 0.29) is 22.7 Å². The lowest BCUT2D eigenvalue weighted by molar-refractivity contribution is 0.100. The second-order valence-corrected chi connectivity index (χ2v) is 7.39. The van der Waals surface area contributed by atoms with Gasteiger partial charge in [-0.25, -0.2) is 15.0 Å². The Hall–Kier alpha value is -3.96. The molecule has 0 saturated carbocycles. The molecular formula is C17H19N11O. The SMILES string of the molecule is Cc1nc2c(N=Nc3c(C(N)=O)cnn3-c3ncccn3)c(C(C)(C)C)[nH]n2n1. The van der Waals surface area contributed by atoms with Crippen LogP contribution in [0.5, 0.6) is 0 Å². The molecule has 29 heavy (non-hydrogen) atoms. The van der Waals surface area contributed by atoms with Crippen molar-refractivity contribution in [2.75, 3.05) is 0 Å². The van der Waals surface area contributed by atoms with Gasteiger partial charge in [0, 0.05) is 17.8 Å². The molecule has 0 aliphatic heterocycles. The van der Waals surface area contributed by atoms with Gasteiger partial charge in [0.1, 0.15) is 11.4 Å². The fraction of sp³-hybridized carbons (Fsp3) is 0.294. The Morgan fingerprint density at radius 3 is 2.59 bits per heavy atom. The molecule has 4 aromatic heterocycles. The lowest BCUT2D eigenvalue weighted by Crippen LogP contribution is -2.12. The van der Waals surface area contributed by atoms with Crippen LogP contribution < -0.4 is 5.73 Å². The maximum Gasteiger partial charge on any atom is 0.254 e. The summed E-state index contributed by atoms with van der Waals surface area (Å²) in [4.78, 5) is 24.6. The van der Waals surface area contributed by atoms with Crippen LogP contribution in [0.3, 0.4) is 0 Å². The number of nitrogens with zero attached hydrogens (tertiary/aromatic N) is 9. The van der Waals surface area contributed by atoms with E-state index < -0.39 is 5.91 Å². The molecule has 12 heteroatoms. The first-order valence-electron chi connectivity index (χ1n) is 8.78. The van der Waals surface area contributed by atoms with Gasteiger partial charge in [-0.05, 0) is 13.0 Å². The quantitative estimate of drug-likeness (QED) is 0.506. The average Bonchev–Trinajstić information content (AvgIpc) is 3.32. The number of carbonyl (C=O) groups is 1. The van der Waals surface area contributed by atoms with Crippen molar-refractivity contribution >= 4 is 23.1 Å². The van der Waals surface area contributed by atoms with Gasteiger partial charge in [0.15, 0.2) is 11.5 Å². The molecule has 0 saturated heterocycles. The Balaban J connectivity index is 1.89. The fourth-order valence-corrected chi connectivity index (χ4v) is 2.79. The van der Waals surface area contributed by atoms with E-state index in [2.05, 4.69) is 40.5 Å². The molecule has 0 unspecified atom stereocenters. The number of aryl methyl sites for hydroxylation is 1. The summed E-state index contributed by atoms with van der Waals surface area (Å²) in [6.45, 7) is 7.87. The standard InChI is InChI=1S/C17H19N11O/c1-9-22-15-11(12(17(2,3)4)26-28(15)25-9)23-24-14-10(13(18)29)8-21-27(14)16-19-6-5-7-20-16/h5-8,26H,1-4H3,(H2,18,29). The molecule has 0 atom stereocenters. The van der Waals surface area contributed by atoms with E-state index in [4.69, 9.17) is 5.73 Å². The van der Waals surface area contributed by atoms with Crippen LogP contribution in [0.1, 0.15) is 42.6 Å². The van der Waals surface area contributed by atoms with Crippen molar-refractivity contribution < 1.29 is 4.79 Å². The molecule has 4 rings (SSSR count). The van der Waals surface area contributed by atoms with E-state index in [0.29, 0.717) is 17.2 Å². The van der Waals surface area contributed by atoms with Gasteiger partial charge in [-0.1, -0.05) is 20.8 Å². The van der Waals surface area contributed by atoms with E-state index in [1.54, 1.807) is 30.0 Å². The number of fused-ring (bicyclic) bond motifs is 1.